The van der Waals surface area contributed by atoms with Gasteiger partial charge in [0.1, 0.15) is 0 Å². The topological polar surface area (TPSA) is 47.0 Å². The van der Waals surface area contributed by atoms with Gasteiger partial charge in [-0.25, -0.2) is 4.39 Å². The molecule has 0 radical (unpaired) electrons. The highest BCUT2D eigenvalue weighted by Crippen LogP contribution is 2.30. The van der Waals surface area contributed by atoms with Crippen molar-refractivity contribution in [1.29, 1.82) is 0 Å². The molecule has 0 spiro atoms. The smallest absolute Gasteiger partial charge is 0.170 e. The minimum Gasteiger partial charge on any atom is -0.494 e. The summed E-state index contributed by atoms with van der Waals surface area (Å²) in [6.45, 7) is 3.89. The first-order chi connectivity index (χ1) is 10.1. The lowest BCUT2D eigenvalue weighted by molar-refractivity contribution is 0.382. The number of hydrogen-bond acceptors (Lipinski definition) is 4. The number of aromatic nitrogens is 2. The normalized spacial score (nSPS) is 12.2. The number of ether oxygens (including phenoxy) is 1. The van der Waals surface area contributed by atoms with Crippen LogP contribution < -0.4 is 10.1 Å². The quantitative estimate of drug-likeness (QED) is 0.919. The highest BCUT2D eigenvalue weighted by molar-refractivity contribution is 5.40. The van der Waals surface area contributed by atoms with Gasteiger partial charge in [-0.1, -0.05) is 19.1 Å². The zero-order chi connectivity index (χ0) is 15.4. The van der Waals surface area contributed by atoms with Gasteiger partial charge in [-0.3, -0.25) is 0 Å². The van der Waals surface area contributed by atoms with Crippen LogP contribution in [0.1, 0.15) is 35.5 Å². The molecule has 0 fully saturated rings. The SMILES string of the molecule is CCc1nnc(C)cc1C(NC)c1cccc(OC)c1F. The van der Waals surface area contributed by atoms with Crippen molar-refractivity contribution in [2.24, 2.45) is 0 Å². The van der Waals surface area contributed by atoms with Crippen molar-refractivity contribution in [2.75, 3.05) is 14.2 Å². The van der Waals surface area contributed by atoms with Crippen LogP contribution in [0.2, 0.25) is 0 Å². The molecule has 1 atom stereocenters. The predicted molar refractivity (Wildman–Crippen MR) is 80.0 cm³/mol. The lowest BCUT2D eigenvalue weighted by Gasteiger charge is -2.21. The van der Waals surface area contributed by atoms with Gasteiger partial charge in [-0.15, -0.1) is 0 Å². The molecule has 0 bridgehead atoms. The Morgan fingerprint density at radius 3 is 2.67 bits per heavy atom. The van der Waals surface area contributed by atoms with Gasteiger partial charge in [0.25, 0.3) is 0 Å². The van der Waals surface area contributed by atoms with Crippen molar-refractivity contribution in [1.82, 2.24) is 15.5 Å². The van der Waals surface area contributed by atoms with E-state index in [1.807, 2.05) is 19.9 Å². The number of hydrogen-bond donors (Lipinski definition) is 1. The number of nitrogens with zero attached hydrogens (tertiary/aromatic N) is 2. The van der Waals surface area contributed by atoms with Crippen molar-refractivity contribution in [3.8, 4) is 5.75 Å². The van der Waals surface area contributed by atoms with Crippen molar-refractivity contribution in [3.63, 3.8) is 0 Å². The first-order valence-electron chi connectivity index (χ1n) is 6.95. The minimum absolute atomic E-state index is 0.240. The van der Waals surface area contributed by atoms with Crippen molar-refractivity contribution in [2.45, 2.75) is 26.3 Å². The maximum absolute atomic E-state index is 14.5. The number of aryl methyl sites for hydroxylation is 2. The molecule has 0 saturated carbocycles. The first-order valence-corrected chi connectivity index (χ1v) is 6.95. The Morgan fingerprint density at radius 1 is 1.29 bits per heavy atom. The Labute approximate surface area is 124 Å². The summed E-state index contributed by atoms with van der Waals surface area (Å²) in [6.07, 6.45) is 0.742. The number of halogens is 1. The molecule has 0 amide bonds. The van der Waals surface area contributed by atoms with Crippen molar-refractivity contribution >= 4 is 0 Å². The maximum Gasteiger partial charge on any atom is 0.170 e. The van der Waals surface area contributed by atoms with E-state index in [0.29, 0.717) is 5.56 Å². The molecule has 0 aliphatic heterocycles. The van der Waals surface area contributed by atoms with Gasteiger partial charge in [0.15, 0.2) is 11.6 Å². The average Bonchev–Trinajstić information content (AvgIpc) is 2.50. The van der Waals surface area contributed by atoms with E-state index in [0.717, 1.165) is 23.4 Å². The molecule has 1 heterocycles. The van der Waals surface area contributed by atoms with Crippen LogP contribution in [0.15, 0.2) is 24.3 Å². The predicted octanol–water partition coefficient (Wildman–Crippen LogP) is 2.80. The molecule has 1 aromatic carbocycles. The summed E-state index contributed by atoms with van der Waals surface area (Å²) in [5.74, 6) is -0.111. The van der Waals surface area contributed by atoms with E-state index < -0.39 is 0 Å². The molecule has 2 rings (SSSR count). The summed E-state index contributed by atoms with van der Waals surface area (Å²) in [7, 11) is 3.27. The van der Waals surface area contributed by atoms with Crippen LogP contribution >= 0.6 is 0 Å². The minimum atomic E-state index is -0.351. The maximum atomic E-state index is 14.5. The third-order valence-electron chi connectivity index (χ3n) is 3.48. The fourth-order valence-electron chi connectivity index (χ4n) is 2.45. The molecule has 1 N–H and O–H groups in total. The molecule has 0 aliphatic rings. The molecular formula is C16H20FN3O. The molecule has 1 unspecified atom stereocenters. The molecule has 5 heteroatoms. The Kier molecular flexibility index (Phi) is 4.85. The number of rotatable bonds is 5. The lowest BCUT2D eigenvalue weighted by atomic mass is 9.95. The van der Waals surface area contributed by atoms with Gasteiger partial charge in [0, 0.05) is 5.56 Å². The molecule has 0 saturated heterocycles. The van der Waals surface area contributed by atoms with Gasteiger partial charge >= 0.3 is 0 Å². The fourth-order valence-corrected chi connectivity index (χ4v) is 2.45. The van der Waals surface area contributed by atoms with Crippen LogP contribution in [0.5, 0.6) is 5.75 Å². The molecule has 4 nitrogen and oxygen atoms in total. The van der Waals surface area contributed by atoms with Crippen LogP contribution in [0.4, 0.5) is 4.39 Å². The van der Waals surface area contributed by atoms with Crippen LogP contribution in [-0.4, -0.2) is 24.4 Å². The second-order valence-corrected chi connectivity index (χ2v) is 4.83. The van der Waals surface area contributed by atoms with E-state index in [1.165, 1.54) is 7.11 Å². The van der Waals surface area contributed by atoms with Gasteiger partial charge < -0.3 is 10.1 Å². The largest absolute Gasteiger partial charge is 0.494 e. The van der Waals surface area contributed by atoms with Crippen molar-refractivity contribution < 1.29 is 9.13 Å². The second kappa shape index (κ2) is 6.63. The van der Waals surface area contributed by atoms with Crippen molar-refractivity contribution in [3.05, 3.63) is 52.6 Å². The van der Waals surface area contributed by atoms with Gasteiger partial charge in [0.2, 0.25) is 0 Å². The third-order valence-corrected chi connectivity index (χ3v) is 3.48. The molecule has 1 aromatic heterocycles. The lowest BCUT2D eigenvalue weighted by Crippen LogP contribution is -2.21. The van der Waals surface area contributed by atoms with E-state index in [1.54, 1.807) is 25.2 Å². The first kappa shape index (κ1) is 15.4. The van der Waals surface area contributed by atoms with E-state index in [9.17, 15) is 4.39 Å². The molecule has 112 valence electrons. The Balaban J connectivity index is 2.57. The van der Waals surface area contributed by atoms with Gasteiger partial charge in [-0.2, -0.15) is 10.2 Å². The Morgan fingerprint density at radius 2 is 2.05 bits per heavy atom. The van der Waals surface area contributed by atoms with E-state index >= 15 is 0 Å². The van der Waals surface area contributed by atoms with Crippen LogP contribution in [-0.2, 0) is 6.42 Å². The number of benzene rings is 1. The fraction of sp³-hybridized carbons (Fsp3) is 0.375. The Hall–Kier alpha value is -2.01. The molecule has 2 aromatic rings. The van der Waals surface area contributed by atoms with Crippen LogP contribution in [0.3, 0.4) is 0 Å². The Bertz CT molecular complexity index is 631. The van der Waals surface area contributed by atoms with Gasteiger partial charge in [-0.05, 0) is 38.1 Å². The second-order valence-electron chi connectivity index (χ2n) is 4.83. The highest BCUT2D eigenvalue weighted by Gasteiger charge is 2.22. The summed E-state index contributed by atoms with van der Waals surface area (Å²) in [6, 6.07) is 6.82. The summed E-state index contributed by atoms with van der Waals surface area (Å²) in [5.41, 5.74) is 3.16. The number of methoxy groups -OCH3 is 1. The van der Waals surface area contributed by atoms with Crippen LogP contribution in [0.25, 0.3) is 0 Å². The standard InChI is InChI=1S/C16H20FN3O/c1-5-13-12(9-10(2)19-20-13)16(18-3)11-7-6-8-14(21-4)15(11)17/h6-9,16,18H,5H2,1-4H3. The zero-order valence-corrected chi connectivity index (χ0v) is 12.8. The molecular weight excluding hydrogens is 269 g/mol. The summed E-state index contributed by atoms with van der Waals surface area (Å²) < 4.78 is 19.6. The molecule has 21 heavy (non-hydrogen) atoms. The van der Waals surface area contributed by atoms with Gasteiger partial charge in [0.05, 0.1) is 24.5 Å². The van der Waals surface area contributed by atoms with E-state index in [2.05, 4.69) is 15.5 Å². The molecule has 0 aliphatic carbocycles. The summed E-state index contributed by atoms with van der Waals surface area (Å²) in [5, 5.41) is 11.5. The highest BCUT2D eigenvalue weighted by atomic mass is 19.1. The third kappa shape index (κ3) is 3.03. The van der Waals surface area contributed by atoms with E-state index in [-0.39, 0.29) is 17.6 Å². The van der Waals surface area contributed by atoms with Crippen LogP contribution in [0, 0.1) is 12.7 Å². The average molecular weight is 289 g/mol. The summed E-state index contributed by atoms with van der Waals surface area (Å²) >= 11 is 0. The number of nitrogens with one attached hydrogen (secondary N) is 1. The summed E-state index contributed by atoms with van der Waals surface area (Å²) in [4.78, 5) is 0. The zero-order valence-electron chi connectivity index (χ0n) is 12.8. The van der Waals surface area contributed by atoms with E-state index in [4.69, 9.17) is 4.74 Å². The monoisotopic (exact) mass is 289 g/mol.